The van der Waals surface area contributed by atoms with E-state index in [2.05, 4.69) is 10.3 Å². The molecule has 0 aliphatic heterocycles. The Hall–Kier alpha value is -3.08. The SMILES string of the molecule is CCCS(=O)(=O)Nc1ccc(F)c(C(=O)Cc2cnc(N)c(C(=O)NC)c2)c1F. The van der Waals surface area contributed by atoms with Gasteiger partial charge in [-0.2, -0.15) is 0 Å². The van der Waals surface area contributed by atoms with Crippen molar-refractivity contribution in [3.8, 4) is 0 Å². The molecule has 0 fully saturated rings. The minimum atomic E-state index is -3.84. The Morgan fingerprint density at radius 3 is 2.55 bits per heavy atom. The molecule has 11 heteroatoms. The van der Waals surface area contributed by atoms with E-state index in [9.17, 15) is 26.8 Å². The Labute approximate surface area is 166 Å². The molecule has 4 N–H and O–H groups in total. The molecule has 0 aliphatic carbocycles. The number of nitrogens with one attached hydrogen (secondary N) is 2. The predicted molar refractivity (Wildman–Crippen MR) is 104 cm³/mol. The molecule has 8 nitrogen and oxygen atoms in total. The second-order valence-corrected chi connectivity index (χ2v) is 8.00. The van der Waals surface area contributed by atoms with Crippen molar-refractivity contribution in [3.05, 3.63) is 52.7 Å². The molecule has 0 bridgehead atoms. The maximum absolute atomic E-state index is 14.7. The van der Waals surface area contributed by atoms with Gasteiger partial charge in [0.15, 0.2) is 11.6 Å². The van der Waals surface area contributed by atoms with Crippen LogP contribution >= 0.6 is 0 Å². The molecular weight excluding hydrogens is 406 g/mol. The highest BCUT2D eigenvalue weighted by molar-refractivity contribution is 7.92. The zero-order valence-corrected chi connectivity index (χ0v) is 16.6. The van der Waals surface area contributed by atoms with Gasteiger partial charge in [0, 0.05) is 19.7 Å². The molecule has 0 radical (unpaired) electrons. The van der Waals surface area contributed by atoms with E-state index in [0.717, 1.165) is 12.1 Å². The molecule has 0 atom stereocenters. The van der Waals surface area contributed by atoms with Crippen molar-refractivity contribution < 1.29 is 26.8 Å². The van der Waals surface area contributed by atoms with Gasteiger partial charge in [-0.3, -0.25) is 14.3 Å². The minimum Gasteiger partial charge on any atom is -0.383 e. The number of ketones is 1. The standard InChI is InChI=1S/C18H20F2N4O4S/c1-3-6-29(27,28)24-13-5-4-12(19)15(16(13)20)14(25)8-10-7-11(18(26)22-2)17(21)23-9-10/h4-5,7,9,24H,3,6,8H2,1-2H3,(H2,21,23)(H,22,26). The first kappa shape index (κ1) is 22.2. The number of carbonyl (C=O) groups is 2. The van der Waals surface area contributed by atoms with Crippen molar-refractivity contribution in [3.63, 3.8) is 0 Å². The first-order valence-electron chi connectivity index (χ1n) is 8.57. The Bertz CT molecular complexity index is 1060. The van der Waals surface area contributed by atoms with Crippen LogP contribution in [0.2, 0.25) is 0 Å². The van der Waals surface area contributed by atoms with E-state index in [1.807, 2.05) is 4.72 Å². The van der Waals surface area contributed by atoms with E-state index in [1.54, 1.807) is 6.92 Å². The number of nitrogens with two attached hydrogens (primary N) is 1. The summed E-state index contributed by atoms with van der Waals surface area (Å²) in [4.78, 5) is 28.1. The highest BCUT2D eigenvalue weighted by atomic mass is 32.2. The van der Waals surface area contributed by atoms with Crippen LogP contribution in [-0.2, 0) is 16.4 Å². The number of sulfonamides is 1. The van der Waals surface area contributed by atoms with E-state index in [1.165, 1.54) is 19.3 Å². The molecule has 29 heavy (non-hydrogen) atoms. The number of Topliss-reactive ketones (excluding diaryl/α,β-unsaturated/α-hetero) is 1. The topological polar surface area (TPSA) is 131 Å². The maximum atomic E-state index is 14.7. The summed E-state index contributed by atoms with van der Waals surface area (Å²) >= 11 is 0. The van der Waals surface area contributed by atoms with Crippen LogP contribution in [0.3, 0.4) is 0 Å². The zero-order valence-electron chi connectivity index (χ0n) is 15.8. The second-order valence-electron chi connectivity index (χ2n) is 6.16. The zero-order chi connectivity index (χ0) is 21.8. The number of hydrogen-bond donors (Lipinski definition) is 3. The quantitative estimate of drug-likeness (QED) is 0.553. The van der Waals surface area contributed by atoms with Gasteiger partial charge in [0.25, 0.3) is 5.91 Å². The lowest BCUT2D eigenvalue weighted by Gasteiger charge is -2.12. The number of halogens is 2. The Kier molecular flexibility index (Phi) is 6.85. The van der Waals surface area contributed by atoms with Gasteiger partial charge in [-0.05, 0) is 30.2 Å². The van der Waals surface area contributed by atoms with Crippen LogP contribution in [0, 0.1) is 11.6 Å². The van der Waals surface area contributed by atoms with Gasteiger partial charge in [-0.1, -0.05) is 6.92 Å². The van der Waals surface area contributed by atoms with E-state index in [0.29, 0.717) is 6.42 Å². The average molecular weight is 426 g/mol. The molecule has 0 unspecified atom stereocenters. The molecule has 2 rings (SSSR count). The molecular formula is C18H20F2N4O4S. The van der Waals surface area contributed by atoms with Gasteiger partial charge in [-0.25, -0.2) is 22.2 Å². The van der Waals surface area contributed by atoms with Crippen LogP contribution in [0.15, 0.2) is 24.4 Å². The van der Waals surface area contributed by atoms with Crippen molar-refractivity contribution in [2.24, 2.45) is 0 Å². The molecule has 156 valence electrons. The Morgan fingerprint density at radius 1 is 1.24 bits per heavy atom. The van der Waals surface area contributed by atoms with Crippen molar-refractivity contribution in [2.45, 2.75) is 19.8 Å². The molecule has 1 heterocycles. The highest BCUT2D eigenvalue weighted by Crippen LogP contribution is 2.24. The van der Waals surface area contributed by atoms with Crippen molar-refractivity contribution in [2.75, 3.05) is 23.3 Å². The minimum absolute atomic E-state index is 0.0137. The summed E-state index contributed by atoms with van der Waals surface area (Å²) in [6.45, 7) is 1.63. The second kappa shape index (κ2) is 8.95. The molecule has 1 aromatic carbocycles. The molecule has 2 aromatic rings. The number of amides is 1. The highest BCUT2D eigenvalue weighted by Gasteiger charge is 2.23. The molecule has 0 saturated carbocycles. The van der Waals surface area contributed by atoms with E-state index in [-0.39, 0.29) is 22.7 Å². The first-order chi connectivity index (χ1) is 13.6. The average Bonchev–Trinajstić information content (AvgIpc) is 2.65. The van der Waals surface area contributed by atoms with E-state index < -0.39 is 51.0 Å². The van der Waals surface area contributed by atoms with Crippen molar-refractivity contribution in [1.29, 1.82) is 0 Å². The normalized spacial score (nSPS) is 11.2. The Balaban J connectivity index is 2.36. The fourth-order valence-corrected chi connectivity index (χ4v) is 3.71. The summed E-state index contributed by atoms with van der Waals surface area (Å²) < 4.78 is 54.6. The summed E-state index contributed by atoms with van der Waals surface area (Å²) in [5.74, 6) is -4.26. The fraction of sp³-hybridized carbons (Fsp3) is 0.278. The monoisotopic (exact) mass is 426 g/mol. The van der Waals surface area contributed by atoms with Crippen molar-refractivity contribution in [1.82, 2.24) is 10.3 Å². The lowest BCUT2D eigenvalue weighted by atomic mass is 10.0. The lowest BCUT2D eigenvalue weighted by Crippen LogP contribution is -2.21. The van der Waals surface area contributed by atoms with Crippen LogP contribution < -0.4 is 15.8 Å². The third kappa shape index (κ3) is 5.25. The number of hydrogen-bond acceptors (Lipinski definition) is 6. The third-order valence-electron chi connectivity index (χ3n) is 3.92. The van der Waals surface area contributed by atoms with Gasteiger partial charge in [0.1, 0.15) is 11.6 Å². The third-order valence-corrected chi connectivity index (χ3v) is 5.40. The molecule has 1 aromatic heterocycles. The number of benzene rings is 1. The summed E-state index contributed by atoms with van der Waals surface area (Å²) in [6, 6.07) is 3.00. The van der Waals surface area contributed by atoms with Crippen LogP contribution in [0.4, 0.5) is 20.3 Å². The number of pyridine rings is 1. The number of carbonyl (C=O) groups excluding carboxylic acids is 2. The van der Waals surface area contributed by atoms with Gasteiger partial charge in [0.2, 0.25) is 10.0 Å². The number of anilines is 2. The number of rotatable bonds is 8. The van der Waals surface area contributed by atoms with Crippen LogP contribution in [0.1, 0.15) is 39.6 Å². The van der Waals surface area contributed by atoms with E-state index in [4.69, 9.17) is 5.73 Å². The molecule has 0 saturated heterocycles. The largest absolute Gasteiger partial charge is 0.383 e. The van der Waals surface area contributed by atoms with Gasteiger partial charge >= 0.3 is 0 Å². The number of aromatic nitrogens is 1. The molecule has 0 aliphatic rings. The number of nitrogens with zero attached hydrogens (tertiary/aromatic N) is 1. The Morgan fingerprint density at radius 2 is 1.93 bits per heavy atom. The maximum Gasteiger partial charge on any atom is 0.254 e. The van der Waals surface area contributed by atoms with Crippen LogP contribution in [-0.4, -0.2) is 37.9 Å². The van der Waals surface area contributed by atoms with Crippen LogP contribution in [0.25, 0.3) is 0 Å². The van der Waals surface area contributed by atoms with Crippen LogP contribution in [0.5, 0.6) is 0 Å². The summed E-state index contributed by atoms with van der Waals surface area (Å²) in [5, 5.41) is 2.36. The summed E-state index contributed by atoms with van der Waals surface area (Å²) in [6.07, 6.45) is 1.03. The fourth-order valence-electron chi connectivity index (χ4n) is 2.58. The predicted octanol–water partition coefficient (Wildman–Crippen LogP) is 1.88. The summed E-state index contributed by atoms with van der Waals surface area (Å²) in [7, 11) is -2.45. The molecule has 1 amide bonds. The lowest BCUT2D eigenvalue weighted by molar-refractivity contribution is 0.0958. The van der Waals surface area contributed by atoms with Gasteiger partial charge in [-0.15, -0.1) is 0 Å². The molecule has 0 spiro atoms. The van der Waals surface area contributed by atoms with Crippen molar-refractivity contribution >= 4 is 33.2 Å². The summed E-state index contributed by atoms with van der Waals surface area (Å²) in [5.41, 5.74) is 4.43. The smallest absolute Gasteiger partial charge is 0.254 e. The number of nitrogen functional groups attached to an aromatic ring is 1. The van der Waals surface area contributed by atoms with E-state index >= 15 is 0 Å². The first-order valence-corrected chi connectivity index (χ1v) is 10.2. The van der Waals surface area contributed by atoms with Gasteiger partial charge < -0.3 is 11.1 Å². The van der Waals surface area contributed by atoms with Gasteiger partial charge in [0.05, 0.1) is 22.6 Å².